The van der Waals surface area contributed by atoms with E-state index in [0.29, 0.717) is 187 Å². The third-order valence-electron chi connectivity index (χ3n) is 22.0. The summed E-state index contributed by atoms with van der Waals surface area (Å²) in [4.78, 5) is 68.3. The maximum absolute atomic E-state index is 13.3. The molecule has 0 radical (unpaired) electrons. The zero-order chi connectivity index (χ0) is 87.3. The van der Waals surface area contributed by atoms with Crippen LogP contribution in [0.5, 0.6) is 0 Å². The number of nitrogens with one attached hydrogen (secondary N) is 4. The molecule has 16 aromatic rings. The van der Waals surface area contributed by atoms with Crippen LogP contribution in [-0.4, -0.2) is 99.0 Å². The minimum Gasteiger partial charge on any atom is -0.692 e. The standard InChI is InChI=1S/C24H24N6O4.C23H20N6O4.C18H15N7O5.C17H12N8O4/c1-15(2)11-12-16-7-3-5-9-18(16)25-24(31)17-8-4-6-10-19(17)28-26-22-20(29(28)32)13-14-21-23(22)27-34-30(21)33;30-23(24-17-10-5-7-14-6-1-2-8-15(14)17)16-9-3-4-11-18(16)27-25-21-19(28(27)31)12-13-20-22(21)26-33-29(20)32;1-9-15(10(2)29-21-9)19-18(26)11-5-3-4-6-12(11)23-20-16-13(24(23)27)7-8-14-17(16)22-30-25(14)28;26-17(20-14-7-8-18-9-19-14)10-3-1-2-4-11(10)23-21-15-12(24(23)27)5-6-13-16(15)22-29-25(13)28/h3-10,15H,11-14H2,1-2H3,(H,25,31);3-5,7,9-11H,1-2,6,8,12-13H2,(H,24,30);3-6H,7-8H2,1-2H3,(H,19,26);1-4,7-9H,5-6H2,(H,18,19,20,26). The van der Waals surface area contributed by atoms with E-state index in [1.807, 2.05) is 36.4 Å². The minimum atomic E-state index is -0.465. The topological polar surface area (TPSA) is 559 Å². The summed E-state index contributed by atoms with van der Waals surface area (Å²) in [5.74, 6) is -0.249. The van der Waals surface area contributed by atoms with Gasteiger partial charge in [0.15, 0.2) is 28.5 Å². The van der Waals surface area contributed by atoms with Crippen LogP contribution in [0.2, 0.25) is 0 Å². The molecule has 0 fully saturated rings. The first-order valence-corrected chi connectivity index (χ1v) is 39.9. The van der Waals surface area contributed by atoms with Crippen molar-refractivity contribution in [2.24, 2.45) is 5.92 Å². The summed E-state index contributed by atoms with van der Waals surface area (Å²) in [6.07, 6.45) is 11.3. The molecule has 0 atom stereocenters. The third-order valence-corrected chi connectivity index (χ3v) is 22.0. The first-order chi connectivity index (χ1) is 61.1. The number of anilines is 4. The smallest absolute Gasteiger partial charge is 0.303 e. The molecule has 0 unspecified atom stereocenters. The van der Waals surface area contributed by atoms with Gasteiger partial charge in [0.2, 0.25) is 22.8 Å². The van der Waals surface area contributed by atoms with Crippen molar-refractivity contribution in [1.82, 2.24) is 75.3 Å². The molecule has 10 heterocycles. The number of amides is 4. The van der Waals surface area contributed by atoms with E-state index in [2.05, 4.69) is 116 Å². The molecule has 6 aromatic carbocycles. The van der Waals surface area contributed by atoms with Gasteiger partial charge in [-0.1, -0.05) is 97.9 Å². The number of aromatic nitrogens is 23. The number of rotatable bonds is 15. The predicted molar refractivity (Wildman–Crippen MR) is 430 cm³/mol. The van der Waals surface area contributed by atoms with E-state index < -0.39 is 11.8 Å². The van der Waals surface area contributed by atoms with Gasteiger partial charge < -0.3 is 67.4 Å². The van der Waals surface area contributed by atoms with Crippen molar-refractivity contribution in [3.8, 4) is 68.3 Å². The maximum atomic E-state index is 13.3. The van der Waals surface area contributed by atoms with Crippen LogP contribution in [0.3, 0.4) is 0 Å². The Hall–Kier alpha value is -17.0. The monoisotopic (exact) mass is 1710 g/mol. The fourth-order valence-electron chi connectivity index (χ4n) is 15.7. The second-order valence-electron chi connectivity index (χ2n) is 30.2. The summed E-state index contributed by atoms with van der Waals surface area (Å²) in [6, 6.07) is 41.9. The average molecular weight is 1710 g/mol. The summed E-state index contributed by atoms with van der Waals surface area (Å²) in [6.45, 7) is 7.73. The normalized spacial score (nSPS) is 12.9. The molecule has 4 amide bonds. The molecule has 5 aliphatic rings. The Labute approximate surface area is 708 Å². The first-order valence-electron chi connectivity index (χ1n) is 39.9. The molecule has 4 N–H and O–H groups in total. The van der Waals surface area contributed by atoms with Gasteiger partial charge >= 0.3 is 45.6 Å². The summed E-state index contributed by atoms with van der Waals surface area (Å²) >= 11 is 0. The summed E-state index contributed by atoms with van der Waals surface area (Å²) in [5.41, 5.74) is 13.1. The van der Waals surface area contributed by atoms with Crippen LogP contribution >= 0.6 is 0 Å². The van der Waals surface area contributed by atoms with E-state index in [4.69, 9.17) is 4.52 Å². The number of aryl methyl sites for hydroxylation is 4. The lowest BCUT2D eigenvalue weighted by atomic mass is 9.90. The maximum Gasteiger partial charge on any atom is 0.303 e. The molecule has 21 rings (SSSR count). The van der Waals surface area contributed by atoms with Gasteiger partial charge in [-0.2, -0.15) is 0 Å². The third kappa shape index (κ3) is 14.8. The number of benzene rings is 6. The molecule has 0 spiro atoms. The van der Waals surface area contributed by atoms with E-state index in [9.17, 15) is 60.8 Å². The van der Waals surface area contributed by atoms with E-state index in [1.165, 1.54) is 23.7 Å². The number of carbonyl (C=O) groups excluding carboxylic acids is 4. The van der Waals surface area contributed by atoms with E-state index >= 15 is 0 Å². The van der Waals surface area contributed by atoms with Gasteiger partial charge in [-0.15, -0.1) is 19.4 Å². The lowest BCUT2D eigenvalue weighted by molar-refractivity contribution is -0.808. The van der Waals surface area contributed by atoms with Crippen LogP contribution in [0.4, 0.5) is 22.9 Å². The second-order valence-corrected chi connectivity index (χ2v) is 30.2. The van der Waals surface area contributed by atoms with Crippen molar-refractivity contribution in [3.63, 3.8) is 0 Å². The van der Waals surface area contributed by atoms with Gasteiger partial charge in [0.25, 0.3) is 23.6 Å². The summed E-state index contributed by atoms with van der Waals surface area (Å²) in [7, 11) is 0. The number of nitrogens with zero attached hydrogens (tertiary/aromatic N) is 23. The van der Waals surface area contributed by atoms with Crippen molar-refractivity contribution in [2.75, 3.05) is 21.3 Å². The van der Waals surface area contributed by atoms with Gasteiger partial charge in [-0.05, 0) is 181 Å². The molecule has 0 saturated heterocycles. The molecule has 44 heteroatoms. The van der Waals surface area contributed by atoms with Crippen LogP contribution in [0.25, 0.3) is 68.3 Å². The molecule has 636 valence electrons. The van der Waals surface area contributed by atoms with Crippen LogP contribution < -0.4 is 60.3 Å². The van der Waals surface area contributed by atoms with Crippen molar-refractivity contribution in [1.29, 1.82) is 0 Å². The molecule has 10 aromatic heterocycles. The fourth-order valence-corrected chi connectivity index (χ4v) is 15.7. The van der Waals surface area contributed by atoms with Crippen LogP contribution in [0, 0.1) is 61.4 Å². The summed E-state index contributed by atoms with van der Waals surface area (Å²) < 4.78 is 23.7. The minimum absolute atomic E-state index is 0.217. The van der Waals surface area contributed by atoms with E-state index in [1.54, 1.807) is 117 Å². The Balaban J connectivity index is 0.000000114. The highest BCUT2D eigenvalue weighted by molar-refractivity contribution is 6.09. The number of hydrogen-bond donors (Lipinski definition) is 4. The molecule has 0 aliphatic heterocycles. The van der Waals surface area contributed by atoms with Crippen LogP contribution in [0.1, 0.15) is 148 Å². The highest BCUT2D eigenvalue weighted by atomic mass is 16.8. The van der Waals surface area contributed by atoms with Gasteiger partial charge in [0.1, 0.15) is 46.3 Å². The lowest BCUT2D eigenvalue weighted by Crippen LogP contribution is -2.42. The number of carbonyl (C=O) groups is 4. The van der Waals surface area contributed by atoms with Gasteiger partial charge in [0, 0.05) is 68.9 Å². The molecule has 5 aliphatic carbocycles. The predicted octanol–water partition coefficient (Wildman–Crippen LogP) is 5.44. The molecular formula is C82H71N27O17. The number of hydrogen-bond acceptors (Lipinski definition) is 28. The van der Waals surface area contributed by atoms with Gasteiger partial charge in [0.05, 0.1) is 63.3 Å². The second kappa shape index (κ2) is 33.2. The number of fused-ring (bicyclic) bond motifs is 13. The quantitative estimate of drug-likeness (QED) is 0.0732. The summed E-state index contributed by atoms with van der Waals surface area (Å²) in [5, 5.41) is 147. The van der Waals surface area contributed by atoms with Crippen molar-refractivity contribution < 1.29 is 81.2 Å². The molecule has 126 heavy (non-hydrogen) atoms. The lowest BCUT2D eigenvalue weighted by Gasteiger charge is -2.20. The Morgan fingerprint density at radius 2 is 0.762 bits per heavy atom. The first kappa shape index (κ1) is 80.1. The van der Waals surface area contributed by atoms with E-state index in [-0.39, 0.29) is 79.9 Å². The van der Waals surface area contributed by atoms with Crippen LogP contribution in [0.15, 0.2) is 181 Å². The highest BCUT2D eigenvalue weighted by Crippen LogP contribution is 2.35. The van der Waals surface area contributed by atoms with Crippen molar-refractivity contribution in [2.45, 2.75) is 118 Å². The highest BCUT2D eigenvalue weighted by Gasteiger charge is 2.45. The molecule has 0 saturated carbocycles. The van der Waals surface area contributed by atoms with Gasteiger partial charge in [-0.3, -0.25) is 37.7 Å². The largest absolute Gasteiger partial charge is 0.692 e. The molecular weight excluding hydrogens is 1640 g/mol. The van der Waals surface area contributed by atoms with E-state index in [0.717, 1.165) is 74.6 Å². The SMILES string of the molecule is CC(C)CCc1ccccc1NC(=O)c1ccccc1-n1nc2c([n+]1[O-])CCc1c-2no[n+]1[O-].Cc1noc(C)c1NC(=O)c1ccccc1-n1nc2c([n+]1[O-])CCc1c-2no[n+]1[O-].O=C(Nc1cccc2c1CCCC2)c1ccccc1-n1nc2c([n+]1[O-])CCc1c-2no[n+]1[O-].O=C(Nc1ccncn1)c1ccccc1-n1nc2c([n+]1[O-])CCc1c-2no[n+]1[O-]. The zero-order valence-electron chi connectivity index (χ0n) is 67.2. The zero-order valence-corrected chi connectivity index (χ0v) is 67.2. The fraction of sp³-hybridized carbons (Fsp3) is 0.232. The van der Waals surface area contributed by atoms with Crippen molar-refractivity contribution >= 4 is 46.5 Å². The number of para-hydroxylation sites is 5. The van der Waals surface area contributed by atoms with Crippen molar-refractivity contribution in [3.05, 3.63) is 296 Å². The Morgan fingerprint density at radius 3 is 1.16 bits per heavy atom. The average Bonchev–Trinajstić information content (AvgIpc) is 1.61. The Bertz CT molecular complexity index is 6930. The van der Waals surface area contributed by atoms with Crippen LogP contribution in [-0.2, 0) is 70.6 Å². The Morgan fingerprint density at radius 1 is 0.397 bits per heavy atom. The molecule has 0 bridgehead atoms. The molecule has 44 nitrogen and oxygen atoms in total. The van der Waals surface area contributed by atoms with Gasteiger partial charge in [-0.25, -0.2) is 9.97 Å². The Kier molecular flexibility index (Phi) is 21.1.